The van der Waals surface area contributed by atoms with E-state index in [4.69, 9.17) is 15.3 Å². The molecule has 0 radical (unpaired) electrons. The summed E-state index contributed by atoms with van der Waals surface area (Å²) < 4.78 is 11.4. The Balaban J connectivity index is 1.35. The summed E-state index contributed by atoms with van der Waals surface area (Å²) in [6, 6.07) is 5.61. The van der Waals surface area contributed by atoms with Crippen LogP contribution in [0.25, 0.3) is 0 Å². The van der Waals surface area contributed by atoms with Gasteiger partial charge in [-0.25, -0.2) is 0 Å². The van der Waals surface area contributed by atoms with E-state index >= 15 is 0 Å². The van der Waals surface area contributed by atoms with Gasteiger partial charge in [-0.1, -0.05) is 11.8 Å². The smallest absolute Gasteiger partial charge is 0.259 e. The Bertz CT molecular complexity index is 926. The summed E-state index contributed by atoms with van der Waals surface area (Å²) in [4.78, 5) is 18.6. The van der Waals surface area contributed by atoms with E-state index in [2.05, 4.69) is 21.9 Å². The monoisotopic (exact) mass is 408 g/mol. The maximum Gasteiger partial charge on any atom is 0.259 e. The van der Waals surface area contributed by atoms with Gasteiger partial charge >= 0.3 is 0 Å². The molecule has 3 fully saturated rings. The van der Waals surface area contributed by atoms with Crippen molar-refractivity contribution in [2.24, 2.45) is 27.3 Å². The quantitative estimate of drug-likeness (QED) is 0.272. The molecule has 1 saturated heterocycles. The molecular formula is C23H28N4O3. The molecule has 1 heterocycles. The average molecular weight is 409 g/mol. The number of hydrogen-bond donors (Lipinski definition) is 1. The molecule has 2 N–H and O–H groups in total. The maximum atomic E-state index is 12.9. The number of carbonyl (C=O) groups excluding carboxylic acids is 1. The summed E-state index contributed by atoms with van der Waals surface area (Å²) in [5, 5.41) is 3.72. The highest BCUT2D eigenvalue weighted by Crippen LogP contribution is 2.48. The highest BCUT2D eigenvalue weighted by atomic mass is 16.7. The van der Waals surface area contributed by atoms with E-state index in [1.54, 1.807) is 13.1 Å². The van der Waals surface area contributed by atoms with Crippen LogP contribution in [0.4, 0.5) is 0 Å². The third kappa shape index (κ3) is 4.89. The molecule has 1 aliphatic heterocycles. The number of amides is 1. The first-order valence-corrected chi connectivity index (χ1v) is 10.4. The number of rotatable bonds is 4. The Hall–Kier alpha value is -2.69. The molecule has 30 heavy (non-hydrogen) atoms. The van der Waals surface area contributed by atoms with Crippen LogP contribution >= 0.6 is 0 Å². The summed E-state index contributed by atoms with van der Waals surface area (Å²) in [5.41, 5.74) is 2.62. The van der Waals surface area contributed by atoms with Gasteiger partial charge in [0, 0.05) is 29.5 Å². The molecule has 0 aromatic heterocycles. The van der Waals surface area contributed by atoms with Gasteiger partial charge in [0.1, 0.15) is 0 Å². The third-order valence-electron chi connectivity index (χ3n) is 5.80. The minimum absolute atomic E-state index is 0.203. The van der Waals surface area contributed by atoms with Crippen molar-refractivity contribution in [1.29, 1.82) is 0 Å². The van der Waals surface area contributed by atoms with E-state index in [0.717, 1.165) is 24.3 Å². The van der Waals surface area contributed by atoms with E-state index in [0.29, 0.717) is 18.0 Å². The Morgan fingerprint density at radius 2 is 2.07 bits per heavy atom. The van der Waals surface area contributed by atoms with E-state index in [-0.39, 0.29) is 23.4 Å². The number of carbonyl (C=O) groups is 1. The standard InChI is InChI=1S/C23H28N4O3/c1-16-11-18(6-5-17-3-4-17)7-8-19(16)22(28)27(2)20(26-24)12-25-13-21-29-14-23(9-10-23)15-30-21/h7-8,11-12,17,21H,3-4,9-10,13-15,24H2,1-2H3/b25-12?,26-20+. The topological polar surface area (TPSA) is 89.5 Å². The average Bonchev–Trinajstić information content (AvgIpc) is 3.68. The lowest BCUT2D eigenvalue weighted by Gasteiger charge is -2.28. The lowest BCUT2D eigenvalue weighted by molar-refractivity contribution is -0.201. The normalized spacial score (nSPS) is 20.8. The number of hydrazone groups is 1. The number of amidine groups is 1. The van der Waals surface area contributed by atoms with Crippen molar-refractivity contribution in [2.45, 2.75) is 38.9 Å². The SMILES string of the molecule is Cc1cc(C#CC2CC2)ccc1C(=O)N(C)/C(C=NCC1OCC2(CC2)CO1)=N/N. The maximum absolute atomic E-state index is 12.9. The van der Waals surface area contributed by atoms with Crippen molar-refractivity contribution >= 4 is 18.0 Å². The van der Waals surface area contributed by atoms with Crippen molar-refractivity contribution in [2.75, 3.05) is 26.8 Å². The minimum Gasteiger partial charge on any atom is -0.350 e. The molecule has 4 rings (SSSR count). The predicted molar refractivity (Wildman–Crippen MR) is 115 cm³/mol. The minimum atomic E-state index is -0.362. The van der Waals surface area contributed by atoms with Gasteiger partial charge in [0.15, 0.2) is 12.1 Å². The van der Waals surface area contributed by atoms with Crippen LogP contribution in [0.3, 0.4) is 0 Å². The summed E-state index contributed by atoms with van der Waals surface area (Å²) >= 11 is 0. The predicted octanol–water partition coefficient (Wildman–Crippen LogP) is 2.32. The van der Waals surface area contributed by atoms with Crippen molar-refractivity contribution < 1.29 is 14.3 Å². The summed E-state index contributed by atoms with van der Waals surface area (Å²) in [6.45, 7) is 3.69. The van der Waals surface area contributed by atoms with Crippen LogP contribution in [0.2, 0.25) is 0 Å². The second kappa shape index (κ2) is 8.58. The molecule has 3 aliphatic rings. The number of benzene rings is 1. The molecule has 2 saturated carbocycles. The molecule has 1 spiro atoms. The Labute approximate surface area is 177 Å². The van der Waals surface area contributed by atoms with Crippen LogP contribution in [0, 0.1) is 30.1 Å². The van der Waals surface area contributed by atoms with Crippen molar-refractivity contribution in [1.82, 2.24) is 4.90 Å². The zero-order valence-electron chi connectivity index (χ0n) is 17.6. The van der Waals surface area contributed by atoms with Gasteiger partial charge in [0.25, 0.3) is 5.91 Å². The van der Waals surface area contributed by atoms with E-state index in [1.165, 1.54) is 36.8 Å². The Kier molecular flexibility index (Phi) is 5.89. The molecule has 1 aromatic rings. The number of nitrogens with two attached hydrogens (primary N) is 1. The van der Waals surface area contributed by atoms with Crippen LogP contribution in [-0.2, 0) is 9.47 Å². The number of hydrogen-bond acceptors (Lipinski definition) is 6. The fourth-order valence-electron chi connectivity index (χ4n) is 3.31. The van der Waals surface area contributed by atoms with Gasteiger partial charge in [-0.15, -0.1) is 0 Å². The molecule has 0 bridgehead atoms. The summed E-state index contributed by atoms with van der Waals surface area (Å²) in [7, 11) is 1.63. The molecule has 7 nitrogen and oxygen atoms in total. The second-order valence-electron chi connectivity index (χ2n) is 8.47. The Morgan fingerprint density at radius 1 is 1.33 bits per heavy atom. The highest BCUT2D eigenvalue weighted by Gasteiger charge is 2.46. The fourth-order valence-corrected chi connectivity index (χ4v) is 3.31. The van der Waals surface area contributed by atoms with E-state index < -0.39 is 0 Å². The van der Waals surface area contributed by atoms with Crippen LogP contribution in [-0.4, -0.2) is 56.0 Å². The zero-order chi connectivity index (χ0) is 21.1. The fraction of sp³-hybridized carbons (Fsp3) is 0.522. The lowest BCUT2D eigenvalue weighted by atomic mass is 10.0. The number of ether oxygens (including phenoxy) is 2. The van der Waals surface area contributed by atoms with Crippen molar-refractivity contribution in [3.8, 4) is 11.8 Å². The molecular weight excluding hydrogens is 380 g/mol. The molecule has 2 aliphatic carbocycles. The largest absolute Gasteiger partial charge is 0.350 e. The zero-order valence-corrected chi connectivity index (χ0v) is 17.6. The number of nitrogens with zero attached hydrogens (tertiary/aromatic N) is 3. The molecule has 1 aromatic carbocycles. The first-order chi connectivity index (χ1) is 14.5. The van der Waals surface area contributed by atoms with Gasteiger partial charge < -0.3 is 15.3 Å². The first-order valence-electron chi connectivity index (χ1n) is 10.4. The first kappa shape index (κ1) is 20.6. The van der Waals surface area contributed by atoms with Crippen LogP contribution in [0.1, 0.15) is 47.2 Å². The lowest BCUT2D eigenvalue weighted by Crippen LogP contribution is -2.37. The second-order valence-corrected chi connectivity index (χ2v) is 8.47. The number of aryl methyl sites for hydroxylation is 1. The number of aliphatic imine (C=N–C) groups is 1. The summed E-state index contributed by atoms with van der Waals surface area (Å²) in [6.07, 6.45) is 5.85. The van der Waals surface area contributed by atoms with Crippen molar-refractivity contribution in [3.63, 3.8) is 0 Å². The van der Waals surface area contributed by atoms with Gasteiger partial charge in [0.2, 0.25) is 0 Å². The highest BCUT2D eigenvalue weighted by molar-refractivity contribution is 6.33. The van der Waals surface area contributed by atoms with Gasteiger partial charge in [-0.2, -0.15) is 5.10 Å². The van der Waals surface area contributed by atoms with Gasteiger partial charge in [0.05, 0.1) is 26.0 Å². The third-order valence-corrected chi connectivity index (χ3v) is 5.80. The van der Waals surface area contributed by atoms with Crippen LogP contribution < -0.4 is 5.84 Å². The molecule has 0 unspecified atom stereocenters. The van der Waals surface area contributed by atoms with Crippen molar-refractivity contribution in [3.05, 3.63) is 34.9 Å². The van der Waals surface area contributed by atoms with Gasteiger partial charge in [-0.3, -0.25) is 14.7 Å². The molecule has 1 amide bonds. The van der Waals surface area contributed by atoms with E-state index in [9.17, 15) is 4.79 Å². The molecule has 7 heteroatoms. The van der Waals surface area contributed by atoms with Gasteiger partial charge in [-0.05, 0) is 56.4 Å². The van der Waals surface area contributed by atoms with Crippen LogP contribution in [0.5, 0.6) is 0 Å². The summed E-state index contributed by atoms with van der Waals surface area (Å²) in [5.74, 6) is 12.5. The molecule has 0 atom stereocenters. The Morgan fingerprint density at radius 3 is 2.67 bits per heavy atom. The molecule has 158 valence electrons. The van der Waals surface area contributed by atoms with E-state index in [1.807, 2.05) is 19.1 Å². The van der Waals surface area contributed by atoms with Crippen LogP contribution in [0.15, 0.2) is 28.3 Å².